The van der Waals surface area contributed by atoms with E-state index in [-0.39, 0.29) is 23.1 Å². The van der Waals surface area contributed by atoms with Crippen molar-refractivity contribution in [2.24, 2.45) is 4.99 Å². The first-order chi connectivity index (χ1) is 13.3. The fraction of sp³-hybridized carbons (Fsp3) is 0.100. The molecule has 0 unspecified atom stereocenters. The van der Waals surface area contributed by atoms with Crippen molar-refractivity contribution in [1.29, 1.82) is 0 Å². The smallest absolute Gasteiger partial charge is 0.363 e. The molecule has 0 saturated heterocycles. The summed E-state index contributed by atoms with van der Waals surface area (Å²) in [6.07, 6.45) is 1.48. The van der Waals surface area contributed by atoms with Gasteiger partial charge < -0.3 is 14.2 Å². The first kappa shape index (κ1) is 19.5. The number of halogens is 1. The minimum Gasteiger partial charge on any atom is -0.423 e. The molecule has 28 heavy (non-hydrogen) atoms. The van der Waals surface area contributed by atoms with E-state index in [4.69, 9.17) is 14.2 Å². The minimum absolute atomic E-state index is 0.0560. The molecular weight excluding hydrogens is 430 g/mol. The van der Waals surface area contributed by atoms with Crippen molar-refractivity contribution in [3.8, 4) is 11.5 Å². The Labute approximate surface area is 168 Å². The lowest BCUT2D eigenvalue weighted by Crippen LogP contribution is -2.07. The summed E-state index contributed by atoms with van der Waals surface area (Å²) in [6, 6.07) is 11.7. The summed E-state index contributed by atoms with van der Waals surface area (Å²) in [5.41, 5.74) is 1.26. The molecule has 2 aromatic carbocycles. The van der Waals surface area contributed by atoms with Gasteiger partial charge in [-0.2, -0.15) is 0 Å². The van der Waals surface area contributed by atoms with Crippen LogP contribution in [0.3, 0.4) is 0 Å². The van der Waals surface area contributed by atoms with E-state index in [1.54, 1.807) is 18.2 Å². The predicted octanol–water partition coefficient (Wildman–Crippen LogP) is 3.64. The molecule has 8 heteroatoms. The van der Waals surface area contributed by atoms with Crippen LogP contribution in [0.25, 0.3) is 6.08 Å². The highest BCUT2D eigenvalue weighted by molar-refractivity contribution is 9.10. The second-order valence-electron chi connectivity index (χ2n) is 5.74. The maximum atomic E-state index is 12.1. The second-order valence-corrected chi connectivity index (χ2v) is 6.65. The largest absolute Gasteiger partial charge is 0.423 e. The van der Waals surface area contributed by atoms with Crippen molar-refractivity contribution in [3.63, 3.8) is 0 Å². The van der Waals surface area contributed by atoms with E-state index >= 15 is 0 Å². The monoisotopic (exact) mass is 443 g/mol. The average Bonchev–Trinajstić information content (AvgIpc) is 2.97. The van der Waals surface area contributed by atoms with Crippen LogP contribution >= 0.6 is 15.9 Å². The first-order valence-electron chi connectivity index (χ1n) is 8.11. The van der Waals surface area contributed by atoms with Crippen LogP contribution in [-0.2, 0) is 19.1 Å². The van der Waals surface area contributed by atoms with Gasteiger partial charge in [-0.1, -0.05) is 22.0 Å². The van der Waals surface area contributed by atoms with Crippen molar-refractivity contribution >= 4 is 45.8 Å². The molecule has 2 aromatic rings. The zero-order valence-electron chi connectivity index (χ0n) is 14.9. The lowest BCUT2D eigenvalue weighted by Gasteiger charge is -2.09. The zero-order valence-corrected chi connectivity index (χ0v) is 16.5. The summed E-state index contributed by atoms with van der Waals surface area (Å²) in [6.45, 7) is 2.46. The lowest BCUT2D eigenvalue weighted by molar-refractivity contribution is -0.134. The standard InChI is InChI=1S/C20H14BrNO6/c1-11(23)26-17-8-3-13(10-18(17)27-12(2)24)9-16-20(25)28-19(22-16)14-4-6-15(21)7-5-14/h3-10H,1-2H3/b16-9+. The van der Waals surface area contributed by atoms with Gasteiger partial charge in [0, 0.05) is 23.9 Å². The number of rotatable bonds is 4. The van der Waals surface area contributed by atoms with Crippen molar-refractivity contribution in [2.45, 2.75) is 13.8 Å². The van der Waals surface area contributed by atoms with Crippen LogP contribution in [0.15, 0.2) is 57.6 Å². The normalized spacial score (nSPS) is 14.5. The topological polar surface area (TPSA) is 91.3 Å². The fourth-order valence-corrected chi connectivity index (χ4v) is 2.64. The number of ether oxygens (including phenoxy) is 3. The van der Waals surface area contributed by atoms with Crippen LogP contribution in [0.2, 0.25) is 0 Å². The van der Waals surface area contributed by atoms with Crippen LogP contribution in [0.4, 0.5) is 0 Å². The van der Waals surface area contributed by atoms with Gasteiger partial charge in [0.1, 0.15) is 0 Å². The maximum absolute atomic E-state index is 12.1. The fourth-order valence-electron chi connectivity index (χ4n) is 2.37. The maximum Gasteiger partial charge on any atom is 0.363 e. The first-order valence-corrected chi connectivity index (χ1v) is 8.90. The highest BCUT2D eigenvalue weighted by atomic mass is 79.9. The van der Waals surface area contributed by atoms with Gasteiger partial charge in [0.05, 0.1) is 0 Å². The Morgan fingerprint density at radius 3 is 2.29 bits per heavy atom. The zero-order chi connectivity index (χ0) is 20.3. The van der Waals surface area contributed by atoms with E-state index in [2.05, 4.69) is 20.9 Å². The minimum atomic E-state index is -0.601. The van der Waals surface area contributed by atoms with Crippen molar-refractivity contribution in [2.75, 3.05) is 0 Å². The van der Waals surface area contributed by atoms with Gasteiger partial charge in [-0.25, -0.2) is 9.79 Å². The predicted molar refractivity (Wildman–Crippen MR) is 104 cm³/mol. The van der Waals surface area contributed by atoms with Gasteiger partial charge in [-0.3, -0.25) is 9.59 Å². The van der Waals surface area contributed by atoms with E-state index in [1.165, 1.54) is 32.1 Å². The number of nitrogens with zero attached hydrogens (tertiary/aromatic N) is 1. The molecule has 0 N–H and O–H groups in total. The molecule has 0 bridgehead atoms. The van der Waals surface area contributed by atoms with Crippen LogP contribution < -0.4 is 9.47 Å². The molecule has 0 spiro atoms. The van der Waals surface area contributed by atoms with E-state index in [0.717, 1.165) is 4.47 Å². The van der Waals surface area contributed by atoms with Crippen molar-refractivity contribution in [1.82, 2.24) is 0 Å². The Morgan fingerprint density at radius 1 is 1.00 bits per heavy atom. The molecule has 7 nitrogen and oxygen atoms in total. The Morgan fingerprint density at radius 2 is 1.64 bits per heavy atom. The molecule has 142 valence electrons. The molecule has 0 fully saturated rings. The van der Waals surface area contributed by atoms with Gasteiger partial charge in [0.15, 0.2) is 17.2 Å². The Hall–Kier alpha value is -3.26. The molecule has 0 aromatic heterocycles. The van der Waals surface area contributed by atoms with Gasteiger partial charge in [-0.05, 0) is 48.0 Å². The lowest BCUT2D eigenvalue weighted by atomic mass is 10.1. The number of carbonyl (C=O) groups is 3. The van der Waals surface area contributed by atoms with Crippen LogP contribution in [0.5, 0.6) is 11.5 Å². The van der Waals surface area contributed by atoms with Crippen LogP contribution in [0.1, 0.15) is 25.0 Å². The third kappa shape index (κ3) is 4.72. The Bertz CT molecular complexity index is 1020. The molecule has 3 rings (SSSR count). The van der Waals surface area contributed by atoms with Crippen LogP contribution in [-0.4, -0.2) is 23.8 Å². The summed E-state index contributed by atoms with van der Waals surface area (Å²) in [7, 11) is 0. The van der Waals surface area contributed by atoms with Gasteiger partial charge in [0.25, 0.3) is 0 Å². The van der Waals surface area contributed by atoms with Gasteiger partial charge >= 0.3 is 17.9 Å². The molecule has 0 amide bonds. The van der Waals surface area contributed by atoms with Gasteiger partial charge in [-0.15, -0.1) is 0 Å². The molecule has 1 heterocycles. The number of esters is 3. The SMILES string of the molecule is CC(=O)Oc1ccc(/C=C2/N=C(c3ccc(Br)cc3)OC2=O)cc1OC(C)=O. The molecule has 0 saturated carbocycles. The highest BCUT2D eigenvalue weighted by Gasteiger charge is 2.24. The van der Waals surface area contributed by atoms with Crippen LogP contribution in [0, 0.1) is 0 Å². The summed E-state index contributed by atoms with van der Waals surface area (Å²) < 4.78 is 16.2. The third-order valence-electron chi connectivity index (χ3n) is 3.49. The molecule has 1 aliphatic heterocycles. The molecule has 0 radical (unpaired) electrons. The molecule has 0 atom stereocenters. The van der Waals surface area contributed by atoms with Crippen molar-refractivity contribution < 1.29 is 28.6 Å². The number of benzene rings is 2. The Balaban J connectivity index is 1.93. The van der Waals surface area contributed by atoms with E-state index < -0.39 is 17.9 Å². The number of cyclic esters (lactones) is 1. The van der Waals surface area contributed by atoms with E-state index in [0.29, 0.717) is 11.1 Å². The number of hydrogen-bond acceptors (Lipinski definition) is 7. The quantitative estimate of drug-likeness (QED) is 0.406. The molecule has 0 aliphatic carbocycles. The third-order valence-corrected chi connectivity index (χ3v) is 4.02. The highest BCUT2D eigenvalue weighted by Crippen LogP contribution is 2.30. The summed E-state index contributed by atoms with van der Waals surface area (Å²) in [5, 5.41) is 0. The van der Waals surface area contributed by atoms with Crippen molar-refractivity contribution in [3.05, 3.63) is 63.8 Å². The molecular formula is C20H14BrNO6. The Kier molecular flexibility index (Phi) is 5.70. The number of hydrogen-bond donors (Lipinski definition) is 0. The summed E-state index contributed by atoms with van der Waals surface area (Å²) >= 11 is 3.34. The number of aliphatic imine (C=N–C) groups is 1. The van der Waals surface area contributed by atoms with E-state index in [1.807, 2.05) is 12.1 Å². The van der Waals surface area contributed by atoms with E-state index in [9.17, 15) is 14.4 Å². The summed E-state index contributed by atoms with van der Waals surface area (Å²) in [5.74, 6) is -1.38. The number of carbonyl (C=O) groups excluding carboxylic acids is 3. The van der Waals surface area contributed by atoms with Gasteiger partial charge in [0.2, 0.25) is 5.90 Å². The second kappa shape index (κ2) is 8.18. The molecule has 1 aliphatic rings. The summed E-state index contributed by atoms with van der Waals surface area (Å²) in [4.78, 5) is 38.9. The average molecular weight is 444 g/mol.